The molecule has 1 atom stereocenters. The van der Waals surface area contributed by atoms with Crippen molar-refractivity contribution in [2.24, 2.45) is 11.8 Å². The van der Waals surface area contributed by atoms with Crippen LogP contribution in [0.25, 0.3) is 0 Å². The first-order chi connectivity index (χ1) is 10.2. The van der Waals surface area contributed by atoms with Gasteiger partial charge in [-0.05, 0) is 43.3 Å². The number of amides is 1. The normalized spacial score (nSPS) is 15.5. The van der Waals surface area contributed by atoms with Crippen molar-refractivity contribution in [2.75, 3.05) is 18.4 Å². The van der Waals surface area contributed by atoms with E-state index in [0.717, 1.165) is 28.0 Å². The third-order valence-corrected chi connectivity index (χ3v) is 5.39. The largest absolute Gasteiger partial charge is 0.326 e. The fourth-order valence-electron chi connectivity index (χ4n) is 2.05. The Labute approximate surface area is 143 Å². The molecule has 1 unspecified atom stereocenters. The van der Waals surface area contributed by atoms with E-state index in [1.165, 1.54) is 11.3 Å². The molecule has 1 aliphatic heterocycles. The van der Waals surface area contributed by atoms with Gasteiger partial charge in [0, 0.05) is 16.5 Å². The third-order valence-electron chi connectivity index (χ3n) is 3.60. The van der Waals surface area contributed by atoms with Gasteiger partial charge in [0.25, 0.3) is 0 Å². The van der Waals surface area contributed by atoms with Crippen LogP contribution in [0.3, 0.4) is 0 Å². The molecule has 0 aliphatic carbocycles. The van der Waals surface area contributed by atoms with Crippen molar-refractivity contribution < 1.29 is 4.79 Å². The van der Waals surface area contributed by atoms with Crippen LogP contribution < -0.4 is 10.6 Å². The molecule has 0 radical (unpaired) electrons. The molecule has 5 nitrogen and oxygen atoms in total. The molecular formula is C14H17ClN4OS2. The van der Waals surface area contributed by atoms with Crippen LogP contribution in [0.1, 0.15) is 6.92 Å². The number of carbonyl (C=O) groups is 1. The Kier molecular flexibility index (Phi) is 6.19. The van der Waals surface area contributed by atoms with Crippen molar-refractivity contribution in [1.29, 1.82) is 0 Å². The number of halogens is 1. The van der Waals surface area contributed by atoms with E-state index in [0.29, 0.717) is 5.92 Å². The summed E-state index contributed by atoms with van der Waals surface area (Å²) in [4.78, 5) is 13.2. The molecule has 118 valence electrons. The lowest BCUT2D eigenvalue weighted by molar-refractivity contribution is -0.121. The summed E-state index contributed by atoms with van der Waals surface area (Å²) < 4.78 is 0.915. The van der Waals surface area contributed by atoms with Gasteiger partial charge in [-0.25, -0.2) is 0 Å². The molecular weight excluding hydrogens is 340 g/mol. The molecule has 8 heteroatoms. The Hall–Kier alpha value is -1.15. The Balaban J connectivity index is 0.00000176. The molecule has 1 aromatic carbocycles. The lowest BCUT2D eigenvalue weighted by atomic mass is 9.88. The maximum atomic E-state index is 12.1. The second-order valence-corrected chi connectivity index (χ2v) is 7.18. The van der Waals surface area contributed by atoms with E-state index in [2.05, 4.69) is 20.8 Å². The van der Waals surface area contributed by atoms with E-state index in [-0.39, 0.29) is 24.2 Å². The lowest BCUT2D eigenvalue weighted by Gasteiger charge is -2.31. The van der Waals surface area contributed by atoms with Crippen LogP contribution in [0, 0.1) is 11.8 Å². The Morgan fingerprint density at radius 2 is 2.14 bits per heavy atom. The lowest BCUT2D eigenvalue weighted by Crippen LogP contribution is -2.48. The highest BCUT2D eigenvalue weighted by atomic mass is 35.5. The van der Waals surface area contributed by atoms with Gasteiger partial charge in [-0.3, -0.25) is 4.79 Å². The minimum Gasteiger partial charge on any atom is -0.326 e. The summed E-state index contributed by atoms with van der Waals surface area (Å²) in [6.45, 7) is 3.86. The number of nitrogens with zero attached hydrogens (tertiary/aromatic N) is 2. The summed E-state index contributed by atoms with van der Waals surface area (Å²) >= 11 is 3.08. The van der Waals surface area contributed by atoms with Gasteiger partial charge in [0.1, 0.15) is 5.51 Å². The van der Waals surface area contributed by atoms with Crippen LogP contribution in [-0.4, -0.2) is 29.2 Å². The zero-order chi connectivity index (χ0) is 14.7. The summed E-state index contributed by atoms with van der Waals surface area (Å²) in [5, 5.41) is 14.0. The molecule has 0 bridgehead atoms. The van der Waals surface area contributed by atoms with Gasteiger partial charge in [-0.15, -0.1) is 22.6 Å². The molecule has 0 saturated carbocycles. The maximum absolute atomic E-state index is 12.1. The highest BCUT2D eigenvalue weighted by Gasteiger charge is 2.28. The van der Waals surface area contributed by atoms with Crippen molar-refractivity contribution in [3.05, 3.63) is 29.8 Å². The van der Waals surface area contributed by atoms with Crippen molar-refractivity contribution in [3.8, 4) is 0 Å². The van der Waals surface area contributed by atoms with Gasteiger partial charge < -0.3 is 10.6 Å². The second kappa shape index (κ2) is 7.92. The average Bonchev–Trinajstić information content (AvgIpc) is 2.92. The van der Waals surface area contributed by atoms with Gasteiger partial charge in [0.15, 0.2) is 4.34 Å². The predicted octanol–water partition coefficient (Wildman–Crippen LogP) is 2.91. The summed E-state index contributed by atoms with van der Waals surface area (Å²) in [6, 6.07) is 7.81. The Morgan fingerprint density at radius 1 is 1.41 bits per heavy atom. The van der Waals surface area contributed by atoms with E-state index in [4.69, 9.17) is 0 Å². The fourth-order valence-corrected chi connectivity index (χ4v) is 3.50. The number of aromatic nitrogens is 2. The van der Waals surface area contributed by atoms with Gasteiger partial charge in [0.2, 0.25) is 5.91 Å². The van der Waals surface area contributed by atoms with Crippen LogP contribution >= 0.6 is 35.5 Å². The average molecular weight is 357 g/mol. The van der Waals surface area contributed by atoms with Crippen LogP contribution in [0.5, 0.6) is 0 Å². The van der Waals surface area contributed by atoms with Crippen molar-refractivity contribution in [3.63, 3.8) is 0 Å². The van der Waals surface area contributed by atoms with Crippen LogP contribution in [0.15, 0.2) is 39.0 Å². The van der Waals surface area contributed by atoms with Crippen molar-refractivity contribution in [1.82, 2.24) is 15.5 Å². The van der Waals surface area contributed by atoms with Crippen LogP contribution in [0.4, 0.5) is 5.69 Å². The number of benzene rings is 1. The first kappa shape index (κ1) is 17.2. The number of carbonyl (C=O) groups excluding carboxylic acids is 1. The highest BCUT2D eigenvalue weighted by Crippen LogP contribution is 2.29. The molecule has 1 fully saturated rings. The summed E-state index contributed by atoms with van der Waals surface area (Å²) in [6.07, 6.45) is 0. The predicted molar refractivity (Wildman–Crippen MR) is 91.9 cm³/mol. The van der Waals surface area contributed by atoms with E-state index < -0.39 is 0 Å². The number of anilines is 1. The van der Waals surface area contributed by atoms with Crippen molar-refractivity contribution in [2.45, 2.75) is 16.2 Å². The fraction of sp³-hybridized carbons (Fsp3) is 0.357. The maximum Gasteiger partial charge on any atom is 0.227 e. The molecule has 22 heavy (non-hydrogen) atoms. The second-order valence-electron chi connectivity index (χ2n) is 5.03. The van der Waals surface area contributed by atoms with Crippen LogP contribution in [-0.2, 0) is 4.79 Å². The third kappa shape index (κ3) is 4.19. The molecule has 2 aromatic rings. The standard InChI is InChI=1S/C14H16N4OS2.ClH/c1-9(10-6-15-7-10)13(19)17-11-2-4-12(5-3-11)21-14-18-16-8-20-14;/h2-5,8-10,15H,6-7H2,1H3,(H,17,19);1H. The zero-order valence-electron chi connectivity index (χ0n) is 12.0. The summed E-state index contributed by atoms with van der Waals surface area (Å²) in [7, 11) is 0. The smallest absolute Gasteiger partial charge is 0.227 e. The van der Waals surface area contributed by atoms with E-state index in [1.807, 2.05) is 31.2 Å². The van der Waals surface area contributed by atoms with E-state index >= 15 is 0 Å². The Bertz CT molecular complexity index is 602. The molecule has 1 saturated heterocycles. The monoisotopic (exact) mass is 356 g/mol. The van der Waals surface area contributed by atoms with E-state index in [1.54, 1.807) is 17.3 Å². The molecule has 3 rings (SSSR count). The quantitative estimate of drug-likeness (QED) is 0.862. The summed E-state index contributed by atoms with van der Waals surface area (Å²) in [5.74, 6) is 0.588. The molecule has 1 amide bonds. The molecule has 2 heterocycles. The Morgan fingerprint density at radius 3 is 2.68 bits per heavy atom. The minimum atomic E-state index is 0. The van der Waals surface area contributed by atoms with Gasteiger partial charge in [0.05, 0.1) is 0 Å². The topological polar surface area (TPSA) is 66.9 Å². The van der Waals surface area contributed by atoms with Gasteiger partial charge >= 0.3 is 0 Å². The van der Waals surface area contributed by atoms with Crippen molar-refractivity contribution >= 4 is 47.1 Å². The molecule has 1 aliphatic rings. The first-order valence-electron chi connectivity index (χ1n) is 6.78. The number of nitrogens with one attached hydrogen (secondary N) is 2. The minimum absolute atomic E-state index is 0. The number of hydrogen-bond acceptors (Lipinski definition) is 6. The van der Waals surface area contributed by atoms with Gasteiger partial charge in [-0.1, -0.05) is 30.0 Å². The first-order valence-corrected chi connectivity index (χ1v) is 8.47. The zero-order valence-corrected chi connectivity index (χ0v) is 14.4. The highest BCUT2D eigenvalue weighted by molar-refractivity contribution is 8.01. The number of rotatable bonds is 5. The summed E-state index contributed by atoms with van der Waals surface area (Å²) in [5.41, 5.74) is 2.55. The molecule has 2 N–H and O–H groups in total. The van der Waals surface area contributed by atoms with E-state index in [9.17, 15) is 4.79 Å². The van der Waals surface area contributed by atoms with Crippen LogP contribution in [0.2, 0.25) is 0 Å². The molecule has 0 spiro atoms. The number of hydrogen-bond donors (Lipinski definition) is 2. The SMILES string of the molecule is CC(C(=O)Nc1ccc(Sc2nncs2)cc1)C1CNC1.Cl. The molecule has 1 aromatic heterocycles. The van der Waals surface area contributed by atoms with Gasteiger partial charge in [-0.2, -0.15) is 0 Å².